The molecule has 0 saturated heterocycles. The van der Waals surface area contributed by atoms with Gasteiger partial charge in [-0.25, -0.2) is 0 Å². The number of rotatable bonds is 3. The molecule has 0 aliphatic heterocycles. The Morgan fingerprint density at radius 2 is 1.89 bits per heavy atom. The molecule has 0 atom stereocenters. The number of carbonyl (C=O) groups excluding carboxylic acids is 1. The van der Waals surface area contributed by atoms with Crippen molar-refractivity contribution in [3.63, 3.8) is 0 Å². The Hall–Kier alpha value is -1.61. The molecule has 0 unspecified atom stereocenters. The number of benzene rings is 2. The lowest BCUT2D eigenvalue weighted by molar-refractivity contribution is 0.0950. The molecular weight excluding hydrogens is 290 g/mol. The second kappa shape index (κ2) is 5.83. The Bertz CT molecular complexity index is 552. The first kappa shape index (κ1) is 12.8. The highest BCUT2D eigenvalue weighted by molar-refractivity contribution is 9.10. The van der Waals surface area contributed by atoms with E-state index in [-0.39, 0.29) is 5.91 Å². The van der Waals surface area contributed by atoms with Crippen molar-refractivity contribution < 1.29 is 4.79 Å². The summed E-state index contributed by atoms with van der Waals surface area (Å²) in [6.07, 6.45) is 0. The average molecular weight is 304 g/mol. The zero-order valence-corrected chi connectivity index (χ0v) is 11.7. The summed E-state index contributed by atoms with van der Waals surface area (Å²) in [5, 5.41) is 2.92. The number of nitrogens with one attached hydrogen (secondary N) is 1. The van der Waals surface area contributed by atoms with Gasteiger partial charge in [-0.3, -0.25) is 4.79 Å². The van der Waals surface area contributed by atoms with E-state index in [1.165, 1.54) is 0 Å². The van der Waals surface area contributed by atoms with Gasteiger partial charge in [0, 0.05) is 16.6 Å². The van der Waals surface area contributed by atoms with Crippen LogP contribution in [0.1, 0.15) is 21.5 Å². The lowest BCUT2D eigenvalue weighted by atomic mass is 10.1. The van der Waals surface area contributed by atoms with E-state index in [0.29, 0.717) is 12.1 Å². The van der Waals surface area contributed by atoms with E-state index < -0.39 is 0 Å². The molecule has 1 N–H and O–H groups in total. The van der Waals surface area contributed by atoms with Crippen molar-refractivity contribution in [1.82, 2.24) is 5.32 Å². The maximum atomic E-state index is 12.0. The number of hydrogen-bond acceptors (Lipinski definition) is 1. The van der Waals surface area contributed by atoms with Crippen molar-refractivity contribution in [3.8, 4) is 0 Å². The molecule has 2 aromatic carbocycles. The molecule has 1 amide bonds. The molecule has 0 saturated carbocycles. The van der Waals surface area contributed by atoms with Crippen molar-refractivity contribution in [2.45, 2.75) is 13.5 Å². The zero-order chi connectivity index (χ0) is 13.0. The van der Waals surface area contributed by atoms with E-state index in [9.17, 15) is 4.79 Å². The number of amides is 1. The van der Waals surface area contributed by atoms with Crippen molar-refractivity contribution in [2.75, 3.05) is 0 Å². The summed E-state index contributed by atoms with van der Waals surface area (Å²) >= 11 is 3.39. The molecule has 0 aliphatic carbocycles. The maximum Gasteiger partial charge on any atom is 0.251 e. The van der Waals surface area contributed by atoms with E-state index in [1.807, 2.05) is 55.5 Å². The molecule has 3 heteroatoms. The lowest BCUT2D eigenvalue weighted by Crippen LogP contribution is -2.23. The van der Waals surface area contributed by atoms with Crippen molar-refractivity contribution in [2.24, 2.45) is 0 Å². The van der Waals surface area contributed by atoms with E-state index >= 15 is 0 Å². The standard InChI is InChI=1S/C15H14BrNO/c1-11-9-13(16)7-8-14(11)15(18)17-10-12-5-3-2-4-6-12/h2-9H,10H2,1H3,(H,17,18). The van der Waals surface area contributed by atoms with Crippen molar-refractivity contribution in [3.05, 3.63) is 69.7 Å². The molecule has 0 aliphatic rings. The van der Waals surface area contributed by atoms with Crippen LogP contribution in [-0.4, -0.2) is 5.91 Å². The lowest BCUT2D eigenvalue weighted by Gasteiger charge is -2.08. The first-order valence-electron chi connectivity index (χ1n) is 5.75. The van der Waals surface area contributed by atoms with Gasteiger partial charge in [0.15, 0.2) is 0 Å². The summed E-state index contributed by atoms with van der Waals surface area (Å²) in [4.78, 5) is 12.0. The second-order valence-corrected chi connectivity index (χ2v) is 5.04. The molecule has 0 heterocycles. The monoisotopic (exact) mass is 303 g/mol. The van der Waals surface area contributed by atoms with E-state index in [1.54, 1.807) is 0 Å². The zero-order valence-electron chi connectivity index (χ0n) is 10.1. The van der Waals surface area contributed by atoms with E-state index in [4.69, 9.17) is 0 Å². The summed E-state index contributed by atoms with van der Waals surface area (Å²) in [7, 11) is 0. The molecule has 2 aromatic rings. The third-order valence-electron chi connectivity index (χ3n) is 2.73. The smallest absolute Gasteiger partial charge is 0.251 e. The van der Waals surface area contributed by atoms with Crippen LogP contribution in [0.25, 0.3) is 0 Å². The normalized spacial score (nSPS) is 10.1. The quantitative estimate of drug-likeness (QED) is 0.920. The summed E-state index contributed by atoms with van der Waals surface area (Å²) in [5.74, 6) is -0.0381. The SMILES string of the molecule is Cc1cc(Br)ccc1C(=O)NCc1ccccc1. The minimum Gasteiger partial charge on any atom is -0.348 e. The fourth-order valence-electron chi connectivity index (χ4n) is 1.76. The molecule has 0 spiro atoms. The fourth-order valence-corrected chi connectivity index (χ4v) is 2.23. The van der Waals surface area contributed by atoms with Gasteiger partial charge in [0.2, 0.25) is 0 Å². The number of hydrogen-bond donors (Lipinski definition) is 1. The first-order valence-corrected chi connectivity index (χ1v) is 6.54. The maximum absolute atomic E-state index is 12.0. The van der Waals surface area contributed by atoms with Crippen molar-refractivity contribution in [1.29, 1.82) is 0 Å². The van der Waals surface area contributed by atoms with Gasteiger partial charge in [0.05, 0.1) is 0 Å². The summed E-state index contributed by atoms with van der Waals surface area (Å²) < 4.78 is 0.986. The Kier molecular flexibility index (Phi) is 4.15. The molecule has 18 heavy (non-hydrogen) atoms. The molecule has 92 valence electrons. The van der Waals surface area contributed by atoms with Crippen LogP contribution >= 0.6 is 15.9 Å². The fraction of sp³-hybridized carbons (Fsp3) is 0.133. The third kappa shape index (κ3) is 3.20. The molecule has 0 fully saturated rings. The van der Waals surface area contributed by atoms with Crippen LogP contribution in [0.5, 0.6) is 0 Å². The van der Waals surface area contributed by atoms with Gasteiger partial charge in [0.1, 0.15) is 0 Å². The summed E-state index contributed by atoms with van der Waals surface area (Å²) in [5.41, 5.74) is 2.78. The summed E-state index contributed by atoms with van der Waals surface area (Å²) in [6, 6.07) is 15.5. The molecule has 0 aromatic heterocycles. The Labute approximate surface area is 115 Å². The largest absolute Gasteiger partial charge is 0.348 e. The van der Waals surface area contributed by atoms with Crippen LogP contribution in [0.4, 0.5) is 0 Å². The number of carbonyl (C=O) groups is 1. The van der Waals surface area contributed by atoms with Crippen LogP contribution in [0.3, 0.4) is 0 Å². The van der Waals surface area contributed by atoms with Gasteiger partial charge in [-0.15, -0.1) is 0 Å². The Morgan fingerprint density at radius 3 is 2.56 bits per heavy atom. The highest BCUT2D eigenvalue weighted by Crippen LogP contribution is 2.15. The average Bonchev–Trinajstić information content (AvgIpc) is 2.37. The predicted molar refractivity (Wildman–Crippen MR) is 76.5 cm³/mol. The molecule has 2 rings (SSSR count). The second-order valence-electron chi connectivity index (χ2n) is 4.13. The topological polar surface area (TPSA) is 29.1 Å². The minimum absolute atomic E-state index is 0.0381. The van der Waals surface area contributed by atoms with Gasteiger partial charge in [-0.05, 0) is 36.2 Å². The first-order chi connectivity index (χ1) is 8.66. The summed E-state index contributed by atoms with van der Waals surface area (Å²) in [6.45, 7) is 2.48. The van der Waals surface area contributed by atoms with Gasteiger partial charge >= 0.3 is 0 Å². The van der Waals surface area contributed by atoms with Crippen LogP contribution in [0.2, 0.25) is 0 Å². The van der Waals surface area contributed by atoms with E-state index in [2.05, 4.69) is 21.2 Å². The molecular formula is C15H14BrNO. The number of halogens is 1. The van der Waals surface area contributed by atoms with Crippen LogP contribution in [0.15, 0.2) is 53.0 Å². The number of aryl methyl sites for hydroxylation is 1. The molecule has 2 nitrogen and oxygen atoms in total. The van der Waals surface area contributed by atoms with Crippen LogP contribution in [-0.2, 0) is 6.54 Å². The minimum atomic E-state index is -0.0381. The van der Waals surface area contributed by atoms with Gasteiger partial charge in [-0.1, -0.05) is 46.3 Å². The van der Waals surface area contributed by atoms with Gasteiger partial charge in [-0.2, -0.15) is 0 Å². The van der Waals surface area contributed by atoms with Crippen molar-refractivity contribution >= 4 is 21.8 Å². The third-order valence-corrected chi connectivity index (χ3v) is 3.22. The highest BCUT2D eigenvalue weighted by Gasteiger charge is 2.08. The molecule has 0 radical (unpaired) electrons. The van der Waals surface area contributed by atoms with Crippen LogP contribution < -0.4 is 5.32 Å². The van der Waals surface area contributed by atoms with E-state index in [0.717, 1.165) is 15.6 Å². The molecule has 0 bridgehead atoms. The van der Waals surface area contributed by atoms with Gasteiger partial charge in [0.25, 0.3) is 5.91 Å². The Morgan fingerprint density at radius 1 is 1.17 bits per heavy atom. The predicted octanol–water partition coefficient (Wildman–Crippen LogP) is 3.69. The highest BCUT2D eigenvalue weighted by atomic mass is 79.9. The van der Waals surface area contributed by atoms with Gasteiger partial charge < -0.3 is 5.32 Å². The van der Waals surface area contributed by atoms with Crippen LogP contribution in [0, 0.1) is 6.92 Å². The Balaban J connectivity index is 2.04.